The lowest BCUT2D eigenvalue weighted by atomic mass is 9.95. The number of nitrogens with zero attached hydrogens (tertiary/aromatic N) is 4. The third-order valence-corrected chi connectivity index (χ3v) is 5.92. The van der Waals surface area contributed by atoms with Crippen LogP contribution in [0.4, 0.5) is 0 Å². The fourth-order valence-electron chi connectivity index (χ4n) is 4.51. The van der Waals surface area contributed by atoms with Gasteiger partial charge in [0.25, 0.3) is 5.56 Å². The van der Waals surface area contributed by atoms with Gasteiger partial charge in [-0.25, -0.2) is 9.50 Å². The van der Waals surface area contributed by atoms with Crippen LogP contribution < -0.4 is 5.56 Å². The van der Waals surface area contributed by atoms with Gasteiger partial charge < -0.3 is 9.30 Å². The van der Waals surface area contributed by atoms with E-state index in [1.54, 1.807) is 17.8 Å². The molecule has 148 valence electrons. The van der Waals surface area contributed by atoms with E-state index < -0.39 is 0 Å². The summed E-state index contributed by atoms with van der Waals surface area (Å²) in [5.74, 6) is 0. The van der Waals surface area contributed by atoms with Crippen LogP contribution in [-0.4, -0.2) is 26.3 Å². The lowest BCUT2D eigenvalue weighted by molar-refractivity contribution is 0.181. The largest absolute Gasteiger partial charge is 0.378 e. The van der Waals surface area contributed by atoms with Gasteiger partial charge in [0.2, 0.25) is 0 Å². The third-order valence-electron chi connectivity index (χ3n) is 5.92. The Balaban J connectivity index is 1.73. The molecule has 0 radical (unpaired) electrons. The Morgan fingerprint density at radius 3 is 2.66 bits per heavy atom. The Morgan fingerprint density at radius 1 is 1.10 bits per heavy atom. The summed E-state index contributed by atoms with van der Waals surface area (Å²) in [6, 6.07) is 12.4. The number of hydrogen-bond donors (Lipinski definition) is 0. The highest BCUT2D eigenvalue weighted by atomic mass is 16.5. The van der Waals surface area contributed by atoms with Gasteiger partial charge in [0.15, 0.2) is 5.65 Å². The van der Waals surface area contributed by atoms with Crippen LogP contribution >= 0.6 is 0 Å². The van der Waals surface area contributed by atoms with Crippen molar-refractivity contribution in [3.05, 3.63) is 64.8 Å². The van der Waals surface area contributed by atoms with E-state index in [9.17, 15) is 4.79 Å². The van der Waals surface area contributed by atoms with Crippen LogP contribution in [-0.2, 0) is 11.3 Å². The molecule has 1 aliphatic rings. The fraction of sp³-hybridized carbons (Fsp3) is 0.348. The average Bonchev–Trinajstić information content (AvgIpc) is 3.14. The van der Waals surface area contributed by atoms with E-state index in [1.807, 2.05) is 47.2 Å². The predicted molar refractivity (Wildman–Crippen MR) is 113 cm³/mol. The minimum absolute atomic E-state index is 0.0221. The van der Waals surface area contributed by atoms with Gasteiger partial charge >= 0.3 is 0 Å². The first-order valence-electron chi connectivity index (χ1n) is 10.2. The van der Waals surface area contributed by atoms with E-state index in [0.717, 1.165) is 40.8 Å². The number of rotatable bonds is 4. The molecular weight excluding hydrogens is 364 g/mol. The van der Waals surface area contributed by atoms with Crippen molar-refractivity contribution in [3.8, 4) is 11.1 Å². The Bertz CT molecular complexity index is 1220. The number of pyridine rings is 1. The maximum atomic E-state index is 13.2. The second kappa shape index (κ2) is 7.44. The maximum absolute atomic E-state index is 13.2. The monoisotopic (exact) mass is 388 g/mol. The smallest absolute Gasteiger partial charge is 0.261 e. The molecule has 0 N–H and O–H groups in total. The molecule has 0 amide bonds. The van der Waals surface area contributed by atoms with Crippen molar-refractivity contribution in [1.82, 2.24) is 19.2 Å². The molecular formula is C23H24N4O2. The molecule has 3 aromatic heterocycles. The quantitative estimate of drug-likeness (QED) is 0.521. The molecule has 0 bridgehead atoms. The summed E-state index contributed by atoms with van der Waals surface area (Å²) >= 11 is 0. The number of methoxy groups -OCH3 is 1. The Morgan fingerprint density at radius 2 is 1.90 bits per heavy atom. The topological polar surface area (TPSA) is 61.4 Å². The summed E-state index contributed by atoms with van der Waals surface area (Å²) in [4.78, 5) is 17.9. The second-order valence-corrected chi connectivity index (χ2v) is 7.73. The molecule has 0 aliphatic heterocycles. The summed E-state index contributed by atoms with van der Waals surface area (Å²) in [6.07, 6.45) is 9.41. The molecule has 0 saturated heterocycles. The van der Waals surface area contributed by atoms with Crippen LogP contribution in [0.2, 0.25) is 0 Å². The minimum Gasteiger partial charge on any atom is -0.378 e. The summed E-state index contributed by atoms with van der Waals surface area (Å²) in [7, 11) is 1.66. The standard InChI is InChI=1S/C23H24N4O2/c1-29-15-19-21(16-8-4-2-5-9-16)22-24-14-18-20(27(22)25-19)12-13-26(23(18)28)17-10-6-3-7-11-17/h2,4-5,8-9,12-14,17H,3,6-7,10-11,15H2,1H3. The molecule has 0 spiro atoms. The lowest BCUT2D eigenvalue weighted by Gasteiger charge is -2.24. The van der Waals surface area contributed by atoms with Gasteiger partial charge in [0, 0.05) is 25.5 Å². The number of fused-ring (bicyclic) bond motifs is 3. The first-order valence-corrected chi connectivity index (χ1v) is 10.2. The zero-order chi connectivity index (χ0) is 19.8. The first-order chi connectivity index (χ1) is 14.3. The highest BCUT2D eigenvalue weighted by Gasteiger charge is 2.21. The van der Waals surface area contributed by atoms with E-state index in [4.69, 9.17) is 9.84 Å². The molecule has 1 saturated carbocycles. The highest BCUT2D eigenvalue weighted by Crippen LogP contribution is 2.30. The van der Waals surface area contributed by atoms with Gasteiger partial charge in [-0.1, -0.05) is 49.6 Å². The zero-order valence-corrected chi connectivity index (χ0v) is 16.5. The van der Waals surface area contributed by atoms with E-state index in [2.05, 4.69) is 4.98 Å². The molecule has 5 rings (SSSR count). The molecule has 1 aromatic carbocycles. The van der Waals surface area contributed by atoms with Crippen LogP contribution in [0.25, 0.3) is 27.7 Å². The molecule has 6 nitrogen and oxygen atoms in total. The number of hydrogen-bond acceptors (Lipinski definition) is 4. The van der Waals surface area contributed by atoms with Crippen molar-refractivity contribution in [2.45, 2.75) is 44.8 Å². The van der Waals surface area contributed by atoms with Gasteiger partial charge in [-0.15, -0.1) is 0 Å². The SMILES string of the molecule is COCc1nn2c(ncc3c(=O)n(C4CCCCC4)ccc32)c1-c1ccccc1. The van der Waals surface area contributed by atoms with Crippen LogP contribution in [0.15, 0.2) is 53.6 Å². The summed E-state index contributed by atoms with van der Waals surface area (Å²) in [5, 5.41) is 5.38. The number of aromatic nitrogens is 4. The number of ether oxygens (including phenoxy) is 1. The lowest BCUT2D eigenvalue weighted by Crippen LogP contribution is -2.26. The minimum atomic E-state index is 0.0221. The molecule has 6 heteroatoms. The van der Waals surface area contributed by atoms with Crippen molar-refractivity contribution >= 4 is 16.6 Å². The van der Waals surface area contributed by atoms with Crippen molar-refractivity contribution < 1.29 is 4.74 Å². The van der Waals surface area contributed by atoms with E-state index in [-0.39, 0.29) is 11.6 Å². The molecule has 1 fully saturated rings. The van der Waals surface area contributed by atoms with Gasteiger partial charge in [0.05, 0.1) is 28.8 Å². The molecule has 4 aromatic rings. The maximum Gasteiger partial charge on any atom is 0.261 e. The zero-order valence-electron chi connectivity index (χ0n) is 16.5. The van der Waals surface area contributed by atoms with E-state index >= 15 is 0 Å². The summed E-state index contributed by atoms with van der Waals surface area (Å²) in [5.41, 5.74) is 4.35. The van der Waals surface area contributed by atoms with Gasteiger partial charge in [-0.3, -0.25) is 4.79 Å². The molecule has 1 aliphatic carbocycles. The third kappa shape index (κ3) is 3.04. The fourth-order valence-corrected chi connectivity index (χ4v) is 4.51. The van der Waals surface area contributed by atoms with E-state index in [1.165, 1.54) is 19.3 Å². The molecule has 3 heterocycles. The van der Waals surface area contributed by atoms with Crippen molar-refractivity contribution in [2.75, 3.05) is 7.11 Å². The van der Waals surface area contributed by atoms with Crippen LogP contribution in [0.3, 0.4) is 0 Å². The average molecular weight is 388 g/mol. The second-order valence-electron chi connectivity index (χ2n) is 7.73. The molecule has 0 unspecified atom stereocenters. The van der Waals surface area contributed by atoms with Crippen LogP contribution in [0.1, 0.15) is 43.8 Å². The number of benzene rings is 1. The van der Waals surface area contributed by atoms with Gasteiger partial charge in [-0.2, -0.15) is 5.10 Å². The molecule has 0 atom stereocenters. The Labute approximate surface area is 168 Å². The van der Waals surface area contributed by atoms with E-state index in [0.29, 0.717) is 12.0 Å². The Kier molecular flexibility index (Phi) is 4.64. The van der Waals surface area contributed by atoms with Crippen molar-refractivity contribution in [2.24, 2.45) is 0 Å². The van der Waals surface area contributed by atoms with Crippen LogP contribution in [0, 0.1) is 0 Å². The predicted octanol–water partition coefficient (Wildman–Crippen LogP) is 4.36. The summed E-state index contributed by atoms with van der Waals surface area (Å²) in [6.45, 7) is 0.383. The van der Waals surface area contributed by atoms with Gasteiger partial charge in [0.1, 0.15) is 0 Å². The van der Waals surface area contributed by atoms with Crippen molar-refractivity contribution in [3.63, 3.8) is 0 Å². The van der Waals surface area contributed by atoms with Crippen LogP contribution in [0.5, 0.6) is 0 Å². The summed E-state index contributed by atoms with van der Waals surface area (Å²) < 4.78 is 9.07. The Hall–Kier alpha value is -2.99. The van der Waals surface area contributed by atoms with Crippen molar-refractivity contribution in [1.29, 1.82) is 0 Å². The normalized spacial score (nSPS) is 15.3. The highest BCUT2D eigenvalue weighted by molar-refractivity contribution is 5.86. The first kappa shape index (κ1) is 18.1. The van der Waals surface area contributed by atoms with Gasteiger partial charge in [-0.05, 0) is 24.5 Å². The molecule has 29 heavy (non-hydrogen) atoms.